The molecule has 3 fully saturated rings. The largest absolute Gasteiger partial charge is 0.397 e. The highest BCUT2D eigenvalue weighted by molar-refractivity contribution is 5.96. The van der Waals surface area contributed by atoms with E-state index in [-0.39, 0.29) is 5.91 Å². The van der Waals surface area contributed by atoms with Gasteiger partial charge in [-0.1, -0.05) is 0 Å². The number of benzene rings is 1. The summed E-state index contributed by atoms with van der Waals surface area (Å²) in [5.41, 5.74) is 8.26. The molecular formula is C15H22N4O. The van der Waals surface area contributed by atoms with Crippen molar-refractivity contribution in [1.29, 1.82) is 0 Å². The van der Waals surface area contributed by atoms with Crippen LogP contribution in [0.4, 0.5) is 11.4 Å². The highest BCUT2D eigenvalue weighted by Gasteiger charge is 2.34. The quantitative estimate of drug-likeness (QED) is 0.723. The van der Waals surface area contributed by atoms with Crippen LogP contribution in [0.25, 0.3) is 0 Å². The predicted octanol–water partition coefficient (Wildman–Crippen LogP) is 1.13. The number of nitrogens with zero attached hydrogens (tertiary/aromatic N) is 1. The van der Waals surface area contributed by atoms with Crippen molar-refractivity contribution >= 4 is 17.3 Å². The Morgan fingerprint density at radius 2 is 2.10 bits per heavy atom. The Kier molecular flexibility index (Phi) is 3.53. The fourth-order valence-electron chi connectivity index (χ4n) is 3.30. The molecule has 5 nitrogen and oxygen atoms in total. The van der Waals surface area contributed by atoms with Crippen molar-refractivity contribution in [3.05, 3.63) is 23.8 Å². The zero-order valence-electron chi connectivity index (χ0n) is 11.9. The van der Waals surface area contributed by atoms with Gasteiger partial charge < -0.3 is 21.3 Å². The molecule has 20 heavy (non-hydrogen) atoms. The molecule has 3 aliphatic heterocycles. The number of hydrogen-bond acceptors (Lipinski definition) is 4. The predicted molar refractivity (Wildman–Crippen MR) is 80.8 cm³/mol. The molecule has 0 saturated carbocycles. The zero-order chi connectivity index (χ0) is 14.1. The van der Waals surface area contributed by atoms with E-state index in [9.17, 15) is 4.79 Å². The minimum Gasteiger partial charge on any atom is -0.397 e. The molecule has 3 saturated heterocycles. The molecule has 5 heteroatoms. The second-order valence-electron chi connectivity index (χ2n) is 5.77. The van der Waals surface area contributed by atoms with Gasteiger partial charge in [-0.15, -0.1) is 0 Å². The molecule has 1 aromatic rings. The summed E-state index contributed by atoms with van der Waals surface area (Å²) in [6, 6.07) is 5.86. The third-order valence-electron chi connectivity index (χ3n) is 4.54. The van der Waals surface area contributed by atoms with Gasteiger partial charge in [-0.25, -0.2) is 0 Å². The molecule has 0 spiro atoms. The molecule has 2 bridgehead atoms. The molecule has 0 aromatic heterocycles. The summed E-state index contributed by atoms with van der Waals surface area (Å²) in [6.45, 7) is 3.52. The molecule has 4 rings (SSSR count). The highest BCUT2D eigenvalue weighted by Crippen LogP contribution is 2.31. The van der Waals surface area contributed by atoms with Crippen molar-refractivity contribution in [2.45, 2.75) is 18.9 Å². The molecule has 4 N–H and O–H groups in total. The van der Waals surface area contributed by atoms with Crippen molar-refractivity contribution < 1.29 is 4.79 Å². The Morgan fingerprint density at radius 1 is 1.35 bits per heavy atom. The fraction of sp³-hybridized carbons (Fsp3) is 0.533. The van der Waals surface area contributed by atoms with Crippen LogP contribution in [0.5, 0.6) is 0 Å². The first-order valence-corrected chi connectivity index (χ1v) is 7.28. The lowest BCUT2D eigenvalue weighted by atomic mass is 9.84. The van der Waals surface area contributed by atoms with Crippen LogP contribution in [0.15, 0.2) is 18.2 Å². The van der Waals surface area contributed by atoms with E-state index in [2.05, 4.69) is 15.5 Å². The summed E-state index contributed by atoms with van der Waals surface area (Å²) in [5, 5.41) is 6.20. The lowest BCUT2D eigenvalue weighted by Crippen LogP contribution is -2.53. The van der Waals surface area contributed by atoms with Crippen LogP contribution < -0.4 is 16.4 Å². The maximum absolute atomic E-state index is 11.7. The van der Waals surface area contributed by atoms with Gasteiger partial charge in [0.2, 0.25) is 0 Å². The van der Waals surface area contributed by atoms with E-state index in [0.717, 1.165) is 18.2 Å². The van der Waals surface area contributed by atoms with E-state index >= 15 is 0 Å². The van der Waals surface area contributed by atoms with E-state index in [1.165, 1.54) is 25.9 Å². The number of carbonyl (C=O) groups is 1. The second-order valence-corrected chi connectivity index (χ2v) is 5.77. The Labute approximate surface area is 119 Å². The Bertz CT molecular complexity index is 509. The smallest absolute Gasteiger partial charge is 0.251 e. The lowest BCUT2D eigenvalue weighted by Gasteiger charge is -2.45. The number of rotatable bonds is 3. The average molecular weight is 274 g/mol. The van der Waals surface area contributed by atoms with Crippen molar-refractivity contribution in [1.82, 2.24) is 10.2 Å². The first-order chi connectivity index (χ1) is 9.67. The van der Waals surface area contributed by atoms with Crippen LogP contribution >= 0.6 is 0 Å². The third-order valence-corrected chi connectivity index (χ3v) is 4.54. The minimum atomic E-state index is -0.0815. The van der Waals surface area contributed by atoms with Gasteiger partial charge in [0.25, 0.3) is 5.91 Å². The minimum absolute atomic E-state index is 0.0815. The SMILES string of the molecule is CNC(=O)c1ccc(N)c(NC2CN3CCC2CC3)c1. The van der Waals surface area contributed by atoms with Gasteiger partial charge in [-0.2, -0.15) is 0 Å². The molecule has 0 aliphatic carbocycles. The molecule has 1 atom stereocenters. The number of nitrogen functional groups attached to an aromatic ring is 1. The normalized spacial score (nSPS) is 28.1. The van der Waals surface area contributed by atoms with Crippen LogP contribution in [-0.2, 0) is 0 Å². The molecule has 1 amide bonds. The van der Waals surface area contributed by atoms with Gasteiger partial charge in [0.15, 0.2) is 0 Å². The van der Waals surface area contributed by atoms with Crippen LogP contribution in [0, 0.1) is 5.92 Å². The van der Waals surface area contributed by atoms with Gasteiger partial charge in [0.1, 0.15) is 0 Å². The number of anilines is 2. The topological polar surface area (TPSA) is 70.4 Å². The van der Waals surface area contributed by atoms with Gasteiger partial charge >= 0.3 is 0 Å². The van der Waals surface area contributed by atoms with Gasteiger partial charge in [0.05, 0.1) is 11.4 Å². The van der Waals surface area contributed by atoms with E-state index in [1.807, 2.05) is 6.07 Å². The van der Waals surface area contributed by atoms with E-state index in [0.29, 0.717) is 17.3 Å². The number of nitrogens with one attached hydrogen (secondary N) is 2. The molecule has 3 heterocycles. The van der Waals surface area contributed by atoms with Crippen molar-refractivity contribution in [2.75, 3.05) is 37.7 Å². The Morgan fingerprint density at radius 3 is 2.70 bits per heavy atom. The summed E-state index contributed by atoms with van der Waals surface area (Å²) in [7, 11) is 1.64. The van der Waals surface area contributed by atoms with Crippen LogP contribution in [-0.4, -0.2) is 43.5 Å². The maximum Gasteiger partial charge on any atom is 0.251 e. The van der Waals surface area contributed by atoms with Gasteiger partial charge in [-0.05, 0) is 50.0 Å². The first-order valence-electron chi connectivity index (χ1n) is 7.28. The zero-order valence-corrected chi connectivity index (χ0v) is 11.9. The molecule has 1 unspecified atom stereocenters. The van der Waals surface area contributed by atoms with Crippen molar-refractivity contribution in [2.24, 2.45) is 5.92 Å². The maximum atomic E-state index is 11.7. The number of hydrogen-bond donors (Lipinski definition) is 3. The first kappa shape index (κ1) is 13.2. The van der Waals surface area contributed by atoms with Crippen LogP contribution in [0.1, 0.15) is 23.2 Å². The fourth-order valence-corrected chi connectivity index (χ4v) is 3.30. The number of fused-ring (bicyclic) bond motifs is 3. The molecule has 3 aliphatic rings. The molecule has 1 aromatic carbocycles. The van der Waals surface area contributed by atoms with Crippen LogP contribution in [0.2, 0.25) is 0 Å². The van der Waals surface area contributed by atoms with Gasteiger partial charge in [-0.3, -0.25) is 4.79 Å². The van der Waals surface area contributed by atoms with Crippen molar-refractivity contribution in [3.63, 3.8) is 0 Å². The summed E-state index contributed by atoms with van der Waals surface area (Å²) in [4.78, 5) is 14.2. The standard InChI is InChI=1S/C15H22N4O/c1-17-15(20)11-2-3-12(16)13(8-11)18-14-9-19-6-4-10(14)5-7-19/h2-3,8,10,14,18H,4-7,9,16H2,1H3,(H,17,20). The summed E-state index contributed by atoms with van der Waals surface area (Å²) < 4.78 is 0. The lowest BCUT2D eigenvalue weighted by molar-refractivity contribution is 0.0962. The second kappa shape index (κ2) is 5.32. The van der Waals surface area contributed by atoms with Crippen molar-refractivity contribution in [3.8, 4) is 0 Å². The summed E-state index contributed by atoms with van der Waals surface area (Å²) in [5.74, 6) is 0.644. The van der Waals surface area contributed by atoms with Gasteiger partial charge in [0, 0.05) is 25.2 Å². The van der Waals surface area contributed by atoms with E-state index in [1.54, 1.807) is 19.2 Å². The third kappa shape index (κ3) is 2.45. The summed E-state index contributed by atoms with van der Waals surface area (Å²) >= 11 is 0. The number of nitrogens with two attached hydrogens (primary N) is 1. The van der Waals surface area contributed by atoms with E-state index < -0.39 is 0 Å². The Hall–Kier alpha value is -1.75. The summed E-state index contributed by atoms with van der Waals surface area (Å²) in [6.07, 6.45) is 2.51. The molecule has 0 radical (unpaired) electrons. The molecular weight excluding hydrogens is 252 g/mol. The van der Waals surface area contributed by atoms with E-state index in [4.69, 9.17) is 5.73 Å². The average Bonchev–Trinajstić information content (AvgIpc) is 2.50. The molecule has 108 valence electrons. The van der Waals surface area contributed by atoms with Crippen LogP contribution in [0.3, 0.4) is 0 Å². The number of carbonyl (C=O) groups excluding carboxylic acids is 1. The number of amides is 1. The monoisotopic (exact) mass is 274 g/mol. The number of piperidine rings is 3. The highest BCUT2D eigenvalue weighted by atomic mass is 16.1. The Balaban J connectivity index is 1.78.